The van der Waals surface area contributed by atoms with Crippen molar-refractivity contribution in [3.8, 4) is 5.75 Å². The molecule has 4 nitrogen and oxygen atoms in total. The zero-order valence-corrected chi connectivity index (χ0v) is 11.1. The Bertz CT molecular complexity index is 407. The highest BCUT2D eigenvalue weighted by molar-refractivity contribution is 5.45. The number of rotatable bonds is 5. The van der Waals surface area contributed by atoms with E-state index in [4.69, 9.17) is 9.84 Å². The summed E-state index contributed by atoms with van der Waals surface area (Å²) in [6, 6.07) is 4.76. The van der Waals surface area contributed by atoms with Gasteiger partial charge in [0.2, 0.25) is 0 Å². The van der Waals surface area contributed by atoms with E-state index in [0.717, 1.165) is 25.3 Å². The lowest BCUT2D eigenvalue weighted by atomic mass is 9.93. The van der Waals surface area contributed by atoms with E-state index in [1.54, 1.807) is 7.11 Å². The maximum absolute atomic E-state index is 8.80. The molecule has 1 unspecified atom stereocenters. The molecule has 1 aromatic rings. The van der Waals surface area contributed by atoms with Crippen LogP contribution in [0, 0.1) is 0 Å². The van der Waals surface area contributed by atoms with Crippen LogP contribution in [-0.4, -0.2) is 31.9 Å². The normalized spacial score (nSPS) is 18.5. The highest BCUT2D eigenvalue weighted by Crippen LogP contribution is 2.30. The number of ether oxygens (including phenoxy) is 1. The summed E-state index contributed by atoms with van der Waals surface area (Å²) in [5, 5.41) is 15.5. The molecular weight excluding hydrogens is 228 g/mol. The van der Waals surface area contributed by atoms with Gasteiger partial charge in [0.25, 0.3) is 0 Å². The van der Waals surface area contributed by atoms with Crippen LogP contribution >= 0.6 is 0 Å². The minimum atomic E-state index is 0.161. The van der Waals surface area contributed by atoms with Crippen molar-refractivity contribution >= 4 is 0 Å². The Morgan fingerprint density at radius 2 is 2.33 bits per heavy atom. The van der Waals surface area contributed by atoms with Crippen LogP contribution in [0.5, 0.6) is 5.75 Å². The molecule has 0 amide bonds. The fourth-order valence-corrected chi connectivity index (χ4v) is 2.47. The second-order valence-corrected chi connectivity index (χ2v) is 4.69. The van der Waals surface area contributed by atoms with Crippen LogP contribution < -0.4 is 15.4 Å². The molecule has 0 spiro atoms. The van der Waals surface area contributed by atoms with Crippen LogP contribution in [-0.2, 0) is 13.0 Å². The molecule has 1 heterocycles. The number of aliphatic hydroxyl groups is 1. The molecule has 1 aromatic carbocycles. The summed E-state index contributed by atoms with van der Waals surface area (Å²) >= 11 is 0. The summed E-state index contributed by atoms with van der Waals surface area (Å²) in [6.07, 6.45) is 1.07. The van der Waals surface area contributed by atoms with Crippen LogP contribution in [0.2, 0.25) is 0 Å². The molecule has 0 aliphatic carbocycles. The minimum Gasteiger partial charge on any atom is -0.496 e. The Hall–Kier alpha value is -1.10. The van der Waals surface area contributed by atoms with Gasteiger partial charge in [-0.3, -0.25) is 0 Å². The third kappa shape index (κ3) is 2.83. The fourth-order valence-electron chi connectivity index (χ4n) is 2.47. The van der Waals surface area contributed by atoms with E-state index in [0.29, 0.717) is 12.6 Å². The van der Waals surface area contributed by atoms with Gasteiger partial charge in [-0.15, -0.1) is 0 Å². The van der Waals surface area contributed by atoms with E-state index < -0.39 is 0 Å². The van der Waals surface area contributed by atoms with Gasteiger partial charge in [-0.05, 0) is 37.1 Å². The Balaban J connectivity index is 2.23. The highest BCUT2D eigenvalue weighted by atomic mass is 16.5. The molecule has 0 saturated heterocycles. The SMILES string of the molecule is COc1cc2c(cc1CNCCO)CCNC2C. The molecule has 18 heavy (non-hydrogen) atoms. The fraction of sp³-hybridized carbons (Fsp3) is 0.571. The van der Waals surface area contributed by atoms with Crippen molar-refractivity contribution in [2.45, 2.75) is 25.9 Å². The van der Waals surface area contributed by atoms with Gasteiger partial charge in [-0.25, -0.2) is 0 Å². The summed E-state index contributed by atoms with van der Waals surface area (Å²) in [6.45, 7) is 4.72. The average Bonchev–Trinajstić information content (AvgIpc) is 2.39. The molecule has 2 rings (SSSR count). The van der Waals surface area contributed by atoms with Crippen LogP contribution in [0.3, 0.4) is 0 Å². The molecule has 1 aliphatic rings. The molecule has 4 heteroatoms. The van der Waals surface area contributed by atoms with E-state index in [-0.39, 0.29) is 6.61 Å². The van der Waals surface area contributed by atoms with Crippen molar-refractivity contribution in [2.75, 3.05) is 26.8 Å². The number of hydrogen-bond acceptors (Lipinski definition) is 4. The average molecular weight is 250 g/mol. The summed E-state index contributed by atoms with van der Waals surface area (Å²) in [5.74, 6) is 0.926. The van der Waals surface area contributed by atoms with E-state index in [2.05, 4.69) is 29.7 Å². The Morgan fingerprint density at radius 1 is 1.50 bits per heavy atom. The lowest BCUT2D eigenvalue weighted by Crippen LogP contribution is -2.28. The number of benzene rings is 1. The monoisotopic (exact) mass is 250 g/mol. The minimum absolute atomic E-state index is 0.161. The van der Waals surface area contributed by atoms with E-state index in [1.165, 1.54) is 16.7 Å². The third-order valence-electron chi connectivity index (χ3n) is 3.46. The standard InChI is InChI=1S/C14H22N2O2/c1-10-13-8-14(18-2)12(9-15-5-6-17)7-11(13)3-4-16-10/h7-8,10,15-17H,3-6,9H2,1-2H3. The third-order valence-corrected chi connectivity index (χ3v) is 3.46. The predicted octanol–water partition coefficient (Wildman–Crippen LogP) is 0.984. The molecule has 0 bridgehead atoms. The number of fused-ring (bicyclic) bond motifs is 1. The van der Waals surface area contributed by atoms with Crippen molar-refractivity contribution in [3.05, 3.63) is 28.8 Å². The summed E-state index contributed by atoms with van der Waals surface area (Å²) in [7, 11) is 1.71. The van der Waals surface area contributed by atoms with E-state index in [9.17, 15) is 0 Å². The van der Waals surface area contributed by atoms with E-state index >= 15 is 0 Å². The number of nitrogens with one attached hydrogen (secondary N) is 2. The quantitative estimate of drug-likeness (QED) is 0.682. The van der Waals surface area contributed by atoms with Gasteiger partial charge in [0.15, 0.2) is 0 Å². The lowest BCUT2D eigenvalue weighted by molar-refractivity contribution is 0.291. The van der Waals surface area contributed by atoms with Gasteiger partial charge in [-0.2, -0.15) is 0 Å². The van der Waals surface area contributed by atoms with Gasteiger partial charge >= 0.3 is 0 Å². The number of methoxy groups -OCH3 is 1. The van der Waals surface area contributed by atoms with Gasteiger partial charge in [-0.1, -0.05) is 6.07 Å². The zero-order valence-electron chi connectivity index (χ0n) is 11.1. The van der Waals surface area contributed by atoms with Gasteiger partial charge in [0.05, 0.1) is 13.7 Å². The molecule has 0 radical (unpaired) electrons. The highest BCUT2D eigenvalue weighted by Gasteiger charge is 2.18. The van der Waals surface area contributed by atoms with Crippen molar-refractivity contribution in [1.82, 2.24) is 10.6 Å². The van der Waals surface area contributed by atoms with Gasteiger partial charge in [0.1, 0.15) is 5.75 Å². The van der Waals surface area contributed by atoms with E-state index in [1.807, 2.05) is 0 Å². The van der Waals surface area contributed by atoms with Crippen LogP contribution in [0.15, 0.2) is 12.1 Å². The van der Waals surface area contributed by atoms with Crippen LogP contribution in [0.25, 0.3) is 0 Å². The summed E-state index contributed by atoms with van der Waals surface area (Å²) in [4.78, 5) is 0. The number of hydrogen-bond donors (Lipinski definition) is 3. The topological polar surface area (TPSA) is 53.5 Å². The van der Waals surface area contributed by atoms with Crippen molar-refractivity contribution in [2.24, 2.45) is 0 Å². The molecule has 1 atom stereocenters. The van der Waals surface area contributed by atoms with Crippen molar-refractivity contribution in [1.29, 1.82) is 0 Å². The molecule has 0 fully saturated rings. The first kappa shape index (κ1) is 13.3. The van der Waals surface area contributed by atoms with Crippen molar-refractivity contribution in [3.63, 3.8) is 0 Å². The Labute approximate surface area is 108 Å². The summed E-state index contributed by atoms with van der Waals surface area (Å²) < 4.78 is 5.46. The largest absolute Gasteiger partial charge is 0.496 e. The first-order chi connectivity index (χ1) is 8.76. The molecule has 3 N–H and O–H groups in total. The maximum atomic E-state index is 8.80. The molecule has 1 aliphatic heterocycles. The van der Waals surface area contributed by atoms with Crippen LogP contribution in [0.4, 0.5) is 0 Å². The predicted molar refractivity (Wildman–Crippen MR) is 71.9 cm³/mol. The lowest BCUT2D eigenvalue weighted by Gasteiger charge is -2.25. The first-order valence-corrected chi connectivity index (χ1v) is 6.51. The second kappa shape index (κ2) is 6.18. The number of aliphatic hydroxyl groups excluding tert-OH is 1. The Kier molecular flexibility index (Phi) is 4.58. The first-order valence-electron chi connectivity index (χ1n) is 6.51. The van der Waals surface area contributed by atoms with Crippen molar-refractivity contribution < 1.29 is 9.84 Å². The zero-order chi connectivity index (χ0) is 13.0. The maximum Gasteiger partial charge on any atom is 0.123 e. The Morgan fingerprint density at radius 3 is 3.06 bits per heavy atom. The van der Waals surface area contributed by atoms with Gasteiger partial charge in [0, 0.05) is 24.7 Å². The molecule has 100 valence electrons. The molecule has 0 saturated carbocycles. The summed E-state index contributed by atoms with van der Waals surface area (Å²) in [5.41, 5.74) is 3.91. The van der Waals surface area contributed by atoms with Gasteiger partial charge < -0.3 is 20.5 Å². The molecular formula is C14H22N2O2. The second-order valence-electron chi connectivity index (χ2n) is 4.69. The molecule has 0 aromatic heterocycles. The van der Waals surface area contributed by atoms with Crippen LogP contribution in [0.1, 0.15) is 29.7 Å². The smallest absolute Gasteiger partial charge is 0.123 e.